The van der Waals surface area contributed by atoms with Gasteiger partial charge in [-0.3, -0.25) is 0 Å². The summed E-state index contributed by atoms with van der Waals surface area (Å²) >= 11 is 3.11. The Balaban J connectivity index is 3.41. The van der Waals surface area contributed by atoms with E-state index >= 15 is 0 Å². The first-order valence-corrected chi connectivity index (χ1v) is 8.14. The Morgan fingerprint density at radius 3 is 2.65 bits per heavy atom. The molecule has 7 heteroatoms. The third kappa shape index (κ3) is 3.58. The molecule has 1 aromatic carbocycles. The number of hydrogen-bond donors (Lipinski definition) is 1. The molecule has 0 amide bonds. The number of terminal acetylenes is 1. The highest BCUT2D eigenvalue weighted by molar-refractivity contribution is 9.10. The summed E-state index contributed by atoms with van der Waals surface area (Å²) in [7, 11) is -4.04. The number of aliphatic hydroxyl groups is 1. The minimum Gasteiger partial charge on any atom is -0.392 e. The third-order valence-electron chi connectivity index (χ3n) is 2.61. The van der Waals surface area contributed by atoms with Crippen molar-refractivity contribution in [3.63, 3.8) is 0 Å². The van der Waals surface area contributed by atoms with Crippen LogP contribution in [0.2, 0.25) is 0 Å². The van der Waals surface area contributed by atoms with Gasteiger partial charge in [0.2, 0.25) is 10.0 Å². The fourth-order valence-corrected chi connectivity index (χ4v) is 3.93. The van der Waals surface area contributed by atoms with Gasteiger partial charge < -0.3 is 5.11 Å². The first-order valence-electron chi connectivity index (χ1n) is 5.90. The van der Waals surface area contributed by atoms with E-state index in [-0.39, 0.29) is 18.7 Å². The summed E-state index contributed by atoms with van der Waals surface area (Å²) in [5.41, 5.74) is -0.0879. The summed E-state index contributed by atoms with van der Waals surface area (Å²) in [5, 5.41) is 9.08. The molecule has 0 saturated carbocycles. The second-order valence-corrected chi connectivity index (χ2v) is 6.90. The minimum absolute atomic E-state index is 0.0879. The van der Waals surface area contributed by atoms with Crippen LogP contribution in [-0.4, -0.2) is 30.9 Å². The number of nitrogens with zero attached hydrogens (tertiary/aromatic N) is 1. The molecule has 0 aliphatic carbocycles. The lowest BCUT2D eigenvalue weighted by Gasteiger charge is -2.20. The number of benzene rings is 1. The molecule has 1 rings (SSSR count). The van der Waals surface area contributed by atoms with Crippen molar-refractivity contribution in [3.8, 4) is 12.3 Å². The van der Waals surface area contributed by atoms with Crippen molar-refractivity contribution in [1.29, 1.82) is 0 Å². The lowest BCUT2D eigenvalue weighted by Crippen LogP contribution is -2.33. The van der Waals surface area contributed by atoms with E-state index in [9.17, 15) is 12.8 Å². The van der Waals surface area contributed by atoms with Crippen molar-refractivity contribution in [2.24, 2.45) is 0 Å². The molecule has 0 aliphatic heterocycles. The molecule has 1 N–H and O–H groups in total. The van der Waals surface area contributed by atoms with Crippen LogP contribution in [-0.2, 0) is 16.6 Å². The van der Waals surface area contributed by atoms with Gasteiger partial charge in [-0.1, -0.05) is 28.8 Å². The maximum atomic E-state index is 14.2. The van der Waals surface area contributed by atoms with Crippen molar-refractivity contribution in [3.05, 3.63) is 28.0 Å². The SMILES string of the molecule is C#CCN(CCC)S(=O)(=O)c1cc(Br)cc(CO)c1F. The topological polar surface area (TPSA) is 57.6 Å². The molecule has 20 heavy (non-hydrogen) atoms. The molecule has 4 nitrogen and oxygen atoms in total. The van der Waals surface area contributed by atoms with Crippen LogP contribution in [0.25, 0.3) is 0 Å². The van der Waals surface area contributed by atoms with E-state index in [1.165, 1.54) is 12.1 Å². The van der Waals surface area contributed by atoms with Gasteiger partial charge in [0.15, 0.2) is 0 Å². The van der Waals surface area contributed by atoms with Crippen LogP contribution in [0.15, 0.2) is 21.5 Å². The van der Waals surface area contributed by atoms with E-state index in [0.29, 0.717) is 10.9 Å². The number of aliphatic hydroxyl groups excluding tert-OH is 1. The van der Waals surface area contributed by atoms with Gasteiger partial charge >= 0.3 is 0 Å². The lowest BCUT2D eigenvalue weighted by molar-refractivity contribution is 0.274. The number of rotatable bonds is 6. The molecular formula is C13H15BrFNO3S. The maximum Gasteiger partial charge on any atom is 0.246 e. The zero-order valence-electron chi connectivity index (χ0n) is 10.9. The number of sulfonamides is 1. The molecule has 1 aromatic rings. The van der Waals surface area contributed by atoms with Crippen LogP contribution < -0.4 is 0 Å². The Labute approximate surface area is 126 Å². The second kappa shape index (κ2) is 7.18. The maximum absolute atomic E-state index is 14.2. The van der Waals surface area contributed by atoms with Crippen molar-refractivity contribution in [2.75, 3.05) is 13.1 Å². The number of halogens is 2. The predicted octanol–water partition coefficient (Wildman–Crippen LogP) is 2.11. The highest BCUT2D eigenvalue weighted by atomic mass is 79.9. The molecule has 0 saturated heterocycles. The Bertz CT molecular complexity index is 625. The van der Waals surface area contributed by atoms with Crippen LogP contribution in [0.4, 0.5) is 4.39 Å². The normalized spacial score (nSPS) is 11.6. The first-order chi connectivity index (χ1) is 9.38. The summed E-state index contributed by atoms with van der Waals surface area (Å²) in [5.74, 6) is 1.30. The van der Waals surface area contributed by atoms with Crippen LogP contribution in [0, 0.1) is 18.2 Å². The lowest BCUT2D eigenvalue weighted by atomic mass is 10.2. The summed E-state index contributed by atoms with van der Waals surface area (Å²) in [6.07, 6.45) is 5.72. The first kappa shape index (κ1) is 17.1. The predicted molar refractivity (Wildman–Crippen MR) is 77.9 cm³/mol. The van der Waals surface area contributed by atoms with Crippen molar-refractivity contribution >= 4 is 26.0 Å². The highest BCUT2D eigenvalue weighted by Crippen LogP contribution is 2.26. The zero-order chi connectivity index (χ0) is 15.3. The Hall–Kier alpha value is -0.940. The summed E-state index contributed by atoms with van der Waals surface area (Å²) in [4.78, 5) is -0.486. The van der Waals surface area contributed by atoms with Gasteiger partial charge in [0.1, 0.15) is 10.7 Å². The van der Waals surface area contributed by atoms with E-state index < -0.39 is 27.3 Å². The van der Waals surface area contributed by atoms with Crippen LogP contribution >= 0.6 is 15.9 Å². The van der Waals surface area contributed by atoms with Crippen LogP contribution in [0.5, 0.6) is 0 Å². The summed E-state index contributed by atoms with van der Waals surface area (Å²) in [6, 6.07) is 2.50. The second-order valence-electron chi connectivity index (χ2n) is 4.08. The molecule has 0 spiro atoms. The average Bonchev–Trinajstić information content (AvgIpc) is 2.40. The van der Waals surface area contributed by atoms with Gasteiger partial charge in [-0.15, -0.1) is 6.42 Å². The van der Waals surface area contributed by atoms with Gasteiger partial charge in [-0.25, -0.2) is 12.8 Å². The fourth-order valence-electron chi connectivity index (χ4n) is 1.70. The Kier molecular flexibility index (Phi) is 6.14. The van der Waals surface area contributed by atoms with E-state index in [0.717, 1.165) is 4.31 Å². The molecule has 0 radical (unpaired) electrons. The summed E-state index contributed by atoms with van der Waals surface area (Å²) in [6.45, 7) is 1.29. The van der Waals surface area contributed by atoms with Crippen LogP contribution in [0.1, 0.15) is 18.9 Å². The molecule has 0 atom stereocenters. The fraction of sp³-hybridized carbons (Fsp3) is 0.385. The average molecular weight is 364 g/mol. The van der Waals surface area contributed by atoms with E-state index in [1.54, 1.807) is 6.92 Å². The van der Waals surface area contributed by atoms with E-state index in [1.807, 2.05) is 0 Å². The molecule has 110 valence electrons. The molecule has 0 unspecified atom stereocenters. The molecule has 0 fully saturated rings. The van der Waals surface area contributed by atoms with Crippen molar-refractivity contribution in [1.82, 2.24) is 4.31 Å². The highest BCUT2D eigenvalue weighted by Gasteiger charge is 2.28. The number of hydrogen-bond acceptors (Lipinski definition) is 3. The standard InChI is InChI=1S/C13H15BrFNO3S/c1-3-5-16(6-4-2)20(18,19)12-8-11(14)7-10(9-17)13(12)15/h1,7-8,17H,4-6,9H2,2H3. The van der Waals surface area contributed by atoms with Crippen molar-refractivity contribution in [2.45, 2.75) is 24.8 Å². The van der Waals surface area contributed by atoms with E-state index in [2.05, 4.69) is 21.9 Å². The van der Waals surface area contributed by atoms with Gasteiger partial charge in [0.05, 0.1) is 13.2 Å². The Morgan fingerprint density at radius 2 is 2.15 bits per heavy atom. The minimum atomic E-state index is -4.04. The monoisotopic (exact) mass is 363 g/mol. The van der Waals surface area contributed by atoms with Crippen LogP contribution in [0.3, 0.4) is 0 Å². The van der Waals surface area contributed by atoms with Gasteiger partial charge in [0, 0.05) is 16.6 Å². The van der Waals surface area contributed by atoms with Crippen molar-refractivity contribution < 1.29 is 17.9 Å². The van der Waals surface area contributed by atoms with E-state index in [4.69, 9.17) is 11.5 Å². The largest absolute Gasteiger partial charge is 0.392 e. The smallest absolute Gasteiger partial charge is 0.246 e. The Morgan fingerprint density at radius 1 is 1.50 bits per heavy atom. The van der Waals surface area contributed by atoms with Gasteiger partial charge in [-0.2, -0.15) is 4.31 Å². The molecule has 0 aromatic heterocycles. The molecule has 0 aliphatic rings. The quantitative estimate of drug-likeness (QED) is 0.787. The molecule has 0 heterocycles. The summed E-state index contributed by atoms with van der Waals surface area (Å²) < 4.78 is 40.4. The zero-order valence-corrected chi connectivity index (χ0v) is 13.3. The third-order valence-corrected chi connectivity index (χ3v) is 4.91. The van der Waals surface area contributed by atoms with Gasteiger partial charge in [0.25, 0.3) is 0 Å². The van der Waals surface area contributed by atoms with Gasteiger partial charge in [-0.05, 0) is 18.6 Å². The molecular weight excluding hydrogens is 349 g/mol. The molecule has 0 bridgehead atoms.